The van der Waals surface area contributed by atoms with E-state index in [-0.39, 0.29) is 42.5 Å². The van der Waals surface area contributed by atoms with Crippen LogP contribution in [0.4, 0.5) is 4.79 Å². The van der Waals surface area contributed by atoms with Gasteiger partial charge >= 0.3 is 0 Å². The van der Waals surface area contributed by atoms with Crippen molar-refractivity contribution >= 4 is 22.9 Å². The van der Waals surface area contributed by atoms with Crippen LogP contribution in [0.2, 0.25) is 0 Å². The summed E-state index contributed by atoms with van der Waals surface area (Å²) in [6.45, 7) is 8.30. The summed E-state index contributed by atoms with van der Waals surface area (Å²) < 4.78 is 31.0. The van der Waals surface area contributed by atoms with Gasteiger partial charge in [0.1, 0.15) is 5.75 Å². The van der Waals surface area contributed by atoms with Gasteiger partial charge in [-0.15, -0.1) is 0 Å². The smallest absolute Gasteiger partial charge is 0.286 e. The molecule has 29 heavy (non-hydrogen) atoms. The SMILES string of the molecule is [2H]c1c([2H])c(OCCc2ccc(CC(C)C)c(C)n2)c(C)c([2H])c1CC1SC(=O)NC1=O. The van der Waals surface area contributed by atoms with E-state index in [1.165, 1.54) is 5.56 Å². The molecule has 1 atom stereocenters. The molecule has 2 aromatic rings. The summed E-state index contributed by atoms with van der Waals surface area (Å²) in [4.78, 5) is 27.9. The van der Waals surface area contributed by atoms with Crippen molar-refractivity contribution in [1.82, 2.24) is 10.3 Å². The number of thioether (sulfide) groups is 1. The summed E-state index contributed by atoms with van der Waals surface area (Å²) in [6.07, 6.45) is 1.58. The van der Waals surface area contributed by atoms with Crippen LogP contribution in [0.15, 0.2) is 30.3 Å². The van der Waals surface area contributed by atoms with E-state index in [1.54, 1.807) is 6.92 Å². The minimum Gasteiger partial charge on any atom is -0.493 e. The van der Waals surface area contributed by atoms with Crippen molar-refractivity contribution in [3.63, 3.8) is 0 Å². The summed E-state index contributed by atoms with van der Waals surface area (Å²) in [5.41, 5.74) is 3.86. The third-order valence-electron chi connectivity index (χ3n) is 4.65. The van der Waals surface area contributed by atoms with Crippen molar-refractivity contribution < 1.29 is 18.4 Å². The van der Waals surface area contributed by atoms with Crippen molar-refractivity contribution in [2.45, 2.75) is 52.2 Å². The van der Waals surface area contributed by atoms with E-state index < -0.39 is 16.4 Å². The molecular formula is C23H28N2O3S. The number of rotatable bonds is 8. The Morgan fingerprint density at radius 1 is 1.28 bits per heavy atom. The molecule has 1 aromatic carbocycles. The molecule has 2 heterocycles. The minimum absolute atomic E-state index is 0.0544. The van der Waals surface area contributed by atoms with Gasteiger partial charge in [0.25, 0.3) is 5.24 Å². The summed E-state index contributed by atoms with van der Waals surface area (Å²) in [5, 5.41) is 1.10. The van der Waals surface area contributed by atoms with Crippen LogP contribution in [-0.4, -0.2) is 28.0 Å². The molecular weight excluding hydrogens is 384 g/mol. The number of carbonyl (C=O) groups is 2. The Hall–Kier alpha value is -2.34. The largest absolute Gasteiger partial charge is 0.493 e. The van der Waals surface area contributed by atoms with Crippen LogP contribution in [0.1, 0.15) is 46.0 Å². The Morgan fingerprint density at radius 2 is 2.07 bits per heavy atom. The monoisotopic (exact) mass is 415 g/mol. The van der Waals surface area contributed by atoms with E-state index in [9.17, 15) is 9.59 Å². The second-order valence-corrected chi connectivity index (χ2v) is 8.81. The van der Waals surface area contributed by atoms with Crippen molar-refractivity contribution in [2.75, 3.05) is 6.61 Å². The van der Waals surface area contributed by atoms with Crippen molar-refractivity contribution in [3.8, 4) is 5.75 Å². The first-order valence-electron chi connectivity index (χ1n) is 11.3. The van der Waals surface area contributed by atoms with Gasteiger partial charge in [-0.3, -0.25) is 19.9 Å². The number of aromatic nitrogens is 1. The van der Waals surface area contributed by atoms with Gasteiger partial charge in [0.2, 0.25) is 5.91 Å². The van der Waals surface area contributed by atoms with Gasteiger partial charge in [-0.05, 0) is 61.4 Å². The molecule has 1 fully saturated rings. The molecule has 3 rings (SSSR count). The second kappa shape index (κ2) is 9.44. The van der Waals surface area contributed by atoms with Gasteiger partial charge in [0, 0.05) is 17.8 Å². The number of benzene rings is 1. The highest BCUT2D eigenvalue weighted by Crippen LogP contribution is 2.26. The van der Waals surface area contributed by atoms with Gasteiger partial charge in [-0.1, -0.05) is 43.8 Å². The maximum Gasteiger partial charge on any atom is 0.286 e. The molecule has 1 saturated heterocycles. The lowest BCUT2D eigenvalue weighted by Crippen LogP contribution is -2.25. The normalized spacial score (nSPS) is 17.8. The maximum absolute atomic E-state index is 11.9. The van der Waals surface area contributed by atoms with Crippen LogP contribution in [0, 0.1) is 19.8 Å². The van der Waals surface area contributed by atoms with Crippen LogP contribution in [0.5, 0.6) is 5.75 Å². The third-order valence-corrected chi connectivity index (χ3v) is 5.63. The Morgan fingerprint density at radius 3 is 2.72 bits per heavy atom. The van der Waals surface area contributed by atoms with Gasteiger partial charge in [0.05, 0.1) is 16.0 Å². The van der Waals surface area contributed by atoms with Crippen LogP contribution < -0.4 is 10.1 Å². The van der Waals surface area contributed by atoms with Crippen molar-refractivity contribution in [3.05, 3.63) is 58.3 Å². The fraction of sp³-hybridized carbons (Fsp3) is 0.435. The Labute approximate surface area is 180 Å². The van der Waals surface area contributed by atoms with Crippen LogP contribution in [0.3, 0.4) is 0 Å². The molecule has 1 aromatic heterocycles. The zero-order valence-electron chi connectivity index (χ0n) is 20.2. The number of amides is 2. The lowest BCUT2D eigenvalue weighted by atomic mass is 10.0. The highest BCUT2D eigenvalue weighted by atomic mass is 32.2. The Bertz CT molecular complexity index is 1030. The number of hydrogen-bond acceptors (Lipinski definition) is 5. The lowest BCUT2D eigenvalue weighted by molar-refractivity contribution is -0.118. The topological polar surface area (TPSA) is 68.3 Å². The van der Waals surface area contributed by atoms with E-state index in [4.69, 9.17) is 8.85 Å². The molecule has 6 heteroatoms. The summed E-state index contributed by atoms with van der Waals surface area (Å²) in [6, 6.07) is 3.90. The summed E-state index contributed by atoms with van der Waals surface area (Å²) in [5.74, 6) is 0.341. The predicted molar refractivity (Wildman–Crippen MR) is 117 cm³/mol. The zero-order chi connectivity index (χ0) is 23.6. The molecule has 1 aliphatic rings. The quantitative estimate of drug-likeness (QED) is 0.691. The van der Waals surface area contributed by atoms with Crippen LogP contribution in [0.25, 0.3) is 0 Å². The molecule has 1 aliphatic heterocycles. The number of hydrogen-bond donors (Lipinski definition) is 1. The number of aryl methyl sites for hydroxylation is 1. The third kappa shape index (κ3) is 5.82. The number of nitrogens with one attached hydrogen (secondary N) is 1. The van der Waals surface area contributed by atoms with Gasteiger partial charge in [-0.25, -0.2) is 0 Å². The highest BCUT2D eigenvalue weighted by molar-refractivity contribution is 8.15. The van der Waals surface area contributed by atoms with E-state index >= 15 is 0 Å². The van der Waals surface area contributed by atoms with Gasteiger partial charge in [-0.2, -0.15) is 0 Å². The molecule has 1 unspecified atom stereocenters. The fourth-order valence-electron chi connectivity index (χ4n) is 3.19. The first-order chi connectivity index (χ1) is 15.1. The number of imide groups is 1. The molecule has 0 radical (unpaired) electrons. The van der Waals surface area contributed by atoms with Crippen molar-refractivity contribution in [2.24, 2.45) is 5.92 Å². The summed E-state index contributed by atoms with van der Waals surface area (Å²) >= 11 is 0.853. The number of ether oxygens (including phenoxy) is 1. The average molecular weight is 416 g/mol. The standard InChI is InChI=1S/C23H28N2O3S/c1-14(2)11-18-6-7-19(24-16(18)4)9-10-28-20-8-5-17(12-15(20)3)13-21-22(26)25-23(27)29-21/h5-8,12,14,21H,9-11,13H2,1-4H3,(H,25,26,27)/i5D,8D,12D. The van der Waals surface area contributed by atoms with E-state index in [1.807, 2.05) is 13.0 Å². The number of pyridine rings is 1. The Kier molecular flexibility index (Phi) is 5.70. The minimum atomic E-state index is -0.686. The lowest BCUT2D eigenvalue weighted by Gasteiger charge is -2.13. The molecule has 0 spiro atoms. The number of nitrogens with zero attached hydrogens (tertiary/aromatic N) is 1. The van der Waals surface area contributed by atoms with Crippen molar-refractivity contribution in [1.29, 1.82) is 0 Å². The first-order valence-corrected chi connectivity index (χ1v) is 10.6. The zero-order valence-corrected chi connectivity index (χ0v) is 18.0. The Balaban J connectivity index is 1.72. The average Bonchev–Trinajstić information content (AvgIpc) is 3.04. The van der Waals surface area contributed by atoms with Crippen LogP contribution >= 0.6 is 11.8 Å². The van der Waals surface area contributed by atoms with Gasteiger partial charge < -0.3 is 4.74 Å². The number of carbonyl (C=O) groups excluding carboxylic acids is 2. The highest BCUT2D eigenvalue weighted by Gasteiger charge is 2.31. The van der Waals surface area contributed by atoms with E-state index in [0.29, 0.717) is 17.9 Å². The molecule has 2 amide bonds. The first kappa shape index (κ1) is 17.5. The molecule has 0 aliphatic carbocycles. The van der Waals surface area contributed by atoms with Gasteiger partial charge in [0.15, 0.2) is 0 Å². The molecule has 154 valence electrons. The molecule has 0 bridgehead atoms. The fourth-order valence-corrected chi connectivity index (χ4v) is 4.03. The molecule has 0 saturated carbocycles. The maximum atomic E-state index is 11.9. The molecule has 1 N–H and O–H groups in total. The second-order valence-electron chi connectivity index (χ2n) is 7.64. The predicted octanol–water partition coefficient (Wildman–Crippen LogP) is 4.41. The summed E-state index contributed by atoms with van der Waals surface area (Å²) in [7, 11) is 0. The van der Waals surface area contributed by atoms with E-state index in [0.717, 1.165) is 29.6 Å². The van der Waals surface area contributed by atoms with Crippen LogP contribution in [-0.2, 0) is 24.1 Å². The molecule has 5 nitrogen and oxygen atoms in total. The van der Waals surface area contributed by atoms with E-state index in [2.05, 4.69) is 30.2 Å².